The van der Waals surface area contributed by atoms with E-state index < -0.39 is 9.84 Å². The minimum Gasteiger partial charge on any atom is -0.381 e. The van der Waals surface area contributed by atoms with Gasteiger partial charge < -0.3 is 10.1 Å². The normalized spacial score (nSPS) is 14.1. The number of hydrogen-bond acceptors (Lipinski definition) is 4. The van der Waals surface area contributed by atoms with Crippen LogP contribution >= 0.6 is 11.6 Å². The predicted molar refractivity (Wildman–Crippen MR) is 83.4 cm³/mol. The molecule has 4 nitrogen and oxygen atoms in total. The Labute approximate surface area is 126 Å². The summed E-state index contributed by atoms with van der Waals surface area (Å²) in [6.07, 6.45) is 1.94. The zero-order valence-corrected chi connectivity index (χ0v) is 14.1. The Bertz CT molecular complexity index is 570. The maximum atomic E-state index is 11.6. The second-order valence-corrected chi connectivity index (χ2v) is 8.05. The highest BCUT2D eigenvalue weighted by molar-refractivity contribution is 7.90. The van der Waals surface area contributed by atoms with E-state index in [0.29, 0.717) is 10.7 Å². The van der Waals surface area contributed by atoms with Gasteiger partial charge in [0.25, 0.3) is 0 Å². The Morgan fingerprint density at radius 2 is 2.00 bits per heavy atom. The topological polar surface area (TPSA) is 55.4 Å². The molecule has 0 radical (unpaired) electrons. The molecule has 1 N–H and O–H groups in total. The van der Waals surface area contributed by atoms with E-state index in [-0.39, 0.29) is 16.5 Å². The van der Waals surface area contributed by atoms with Crippen LogP contribution in [-0.4, -0.2) is 33.4 Å². The predicted octanol–water partition coefficient (Wildman–Crippen LogP) is 3.36. The smallest absolute Gasteiger partial charge is 0.175 e. The van der Waals surface area contributed by atoms with Gasteiger partial charge in [0, 0.05) is 19.4 Å². The molecule has 6 heteroatoms. The number of nitrogens with one attached hydrogen (secondary N) is 1. The van der Waals surface area contributed by atoms with Gasteiger partial charge in [0.05, 0.1) is 21.2 Å². The van der Waals surface area contributed by atoms with E-state index in [0.717, 1.165) is 6.42 Å². The third-order valence-corrected chi connectivity index (χ3v) is 4.56. The molecule has 0 fully saturated rings. The standard InChI is InChI=1S/C14H22ClNO3S/c1-10(9-14(2,3)19-4)16-13-8-11(20(5,17)18)6-7-12(13)15/h6-8,10,16H,9H2,1-5H3. The quantitative estimate of drug-likeness (QED) is 0.873. The Morgan fingerprint density at radius 1 is 1.40 bits per heavy atom. The van der Waals surface area contributed by atoms with Crippen LogP contribution < -0.4 is 5.32 Å². The second kappa shape index (κ2) is 6.33. The molecule has 1 unspecified atom stereocenters. The molecule has 20 heavy (non-hydrogen) atoms. The molecule has 0 bridgehead atoms. The Hall–Kier alpha value is -0.780. The number of methoxy groups -OCH3 is 1. The number of ether oxygens (including phenoxy) is 1. The first-order valence-corrected chi connectivity index (χ1v) is 8.63. The molecule has 1 rings (SSSR count). The first kappa shape index (κ1) is 17.3. The van der Waals surface area contributed by atoms with Crippen LogP contribution in [0.2, 0.25) is 5.02 Å². The molecule has 1 aromatic rings. The van der Waals surface area contributed by atoms with Gasteiger partial charge in [0.1, 0.15) is 0 Å². The fourth-order valence-electron chi connectivity index (χ4n) is 1.98. The number of rotatable bonds is 6. The van der Waals surface area contributed by atoms with Crippen molar-refractivity contribution in [3.05, 3.63) is 23.2 Å². The Morgan fingerprint density at radius 3 is 2.50 bits per heavy atom. The van der Waals surface area contributed by atoms with Crippen molar-refractivity contribution < 1.29 is 13.2 Å². The zero-order valence-electron chi connectivity index (χ0n) is 12.5. The SMILES string of the molecule is COC(C)(C)CC(C)Nc1cc(S(C)(=O)=O)ccc1Cl. The molecular formula is C14H22ClNO3S. The van der Waals surface area contributed by atoms with Gasteiger partial charge in [0.15, 0.2) is 9.84 Å². The molecule has 0 aromatic heterocycles. The molecule has 0 saturated carbocycles. The van der Waals surface area contributed by atoms with E-state index in [9.17, 15) is 8.42 Å². The molecule has 0 saturated heterocycles. The van der Waals surface area contributed by atoms with Crippen LogP contribution in [0, 0.1) is 0 Å². The van der Waals surface area contributed by atoms with Crippen LogP contribution in [0.4, 0.5) is 5.69 Å². The summed E-state index contributed by atoms with van der Waals surface area (Å²) in [6, 6.07) is 4.76. The van der Waals surface area contributed by atoms with Crippen LogP contribution in [0.1, 0.15) is 27.2 Å². The van der Waals surface area contributed by atoms with Crippen LogP contribution in [0.25, 0.3) is 0 Å². The lowest BCUT2D eigenvalue weighted by atomic mass is 10.00. The first-order valence-electron chi connectivity index (χ1n) is 6.36. The number of anilines is 1. The fraction of sp³-hybridized carbons (Fsp3) is 0.571. The summed E-state index contributed by atoms with van der Waals surface area (Å²) in [5, 5.41) is 3.74. The Balaban J connectivity index is 2.92. The second-order valence-electron chi connectivity index (χ2n) is 5.63. The maximum absolute atomic E-state index is 11.6. The summed E-state index contributed by atoms with van der Waals surface area (Å²) in [7, 11) is -1.57. The van der Waals surface area contributed by atoms with Gasteiger partial charge in [-0.05, 0) is 45.4 Å². The monoisotopic (exact) mass is 319 g/mol. The third-order valence-electron chi connectivity index (χ3n) is 3.12. The summed E-state index contributed by atoms with van der Waals surface area (Å²) in [4.78, 5) is 0.252. The van der Waals surface area contributed by atoms with E-state index in [1.54, 1.807) is 19.2 Å². The van der Waals surface area contributed by atoms with Crippen LogP contribution in [0.15, 0.2) is 23.1 Å². The fourth-order valence-corrected chi connectivity index (χ4v) is 2.80. The molecule has 0 heterocycles. The lowest BCUT2D eigenvalue weighted by Gasteiger charge is -2.28. The summed E-state index contributed by atoms with van der Waals surface area (Å²) in [6.45, 7) is 6.00. The highest BCUT2D eigenvalue weighted by atomic mass is 35.5. The van der Waals surface area contributed by atoms with Gasteiger partial charge >= 0.3 is 0 Å². The molecule has 0 aliphatic carbocycles. The third kappa shape index (κ3) is 4.96. The molecular weight excluding hydrogens is 298 g/mol. The average Bonchev–Trinajstić information content (AvgIpc) is 2.30. The van der Waals surface area contributed by atoms with E-state index >= 15 is 0 Å². The number of benzene rings is 1. The Kier molecular flexibility index (Phi) is 5.46. The molecule has 114 valence electrons. The number of hydrogen-bond donors (Lipinski definition) is 1. The van der Waals surface area contributed by atoms with Gasteiger partial charge in [0.2, 0.25) is 0 Å². The van der Waals surface area contributed by atoms with E-state index in [2.05, 4.69) is 5.32 Å². The van der Waals surface area contributed by atoms with E-state index in [1.165, 1.54) is 12.3 Å². The van der Waals surface area contributed by atoms with Crippen LogP contribution in [0.5, 0.6) is 0 Å². The van der Waals surface area contributed by atoms with Crippen molar-refractivity contribution in [2.45, 2.75) is 43.7 Å². The highest BCUT2D eigenvalue weighted by Gasteiger charge is 2.21. The molecule has 0 aliphatic rings. The van der Waals surface area contributed by atoms with Crippen molar-refractivity contribution >= 4 is 27.1 Å². The maximum Gasteiger partial charge on any atom is 0.175 e. The zero-order chi connectivity index (χ0) is 15.6. The molecule has 1 aromatic carbocycles. The van der Waals surface area contributed by atoms with Crippen molar-refractivity contribution in [1.29, 1.82) is 0 Å². The summed E-state index contributed by atoms with van der Waals surface area (Å²) in [5.41, 5.74) is 0.363. The van der Waals surface area contributed by atoms with Crippen molar-refractivity contribution in [2.75, 3.05) is 18.7 Å². The minimum atomic E-state index is -3.24. The molecule has 0 aliphatic heterocycles. The van der Waals surface area contributed by atoms with Crippen molar-refractivity contribution in [3.8, 4) is 0 Å². The van der Waals surface area contributed by atoms with Crippen LogP contribution in [0.3, 0.4) is 0 Å². The van der Waals surface area contributed by atoms with Crippen molar-refractivity contribution in [1.82, 2.24) is 0 Å². The molecule has 0 spiro atoms. The van der Waals surface area contributed by atoms with Gasteiger partial charge in [-0.15, -0.1) is 0 Å². The van der Waals surface area contributed by atoms with E-state index in [1.807, 2.05) is 20.8 Å². The highest BCUT2D eigenvalue weighted by Crippen LogP contribution is 2.27. The van der Waals surface area contributed by atoms with Gasteiger partial charge in [-0.3, -0.25) is 0 Å². The van der Waals surface area contributed by atoms with Gasteiger partial charge in [-0.25, -0.2) is 8.42 Å². The molecule has 1 atom stereocenters. The lowest BCUT2D eigenvalue weighted by molar-refractivity contribution is 0.0128. The average molecular weight is 320 g/mol. The lowest BCUT2D eigenvalue weighted by Crippen LogP contribution is -2.31. The summed E-state index contributed by atoms with van der Waals surface area (Å²) in [5.74, 6) is 0. The van der Waals surface area contributed by atoms with Crippen molar-refractivity contribution in [2.24, 2.45) is 0 Å². The number of sulfone groups is 1. The van der Waals surface area contributed by atoms with Crippen LogP contribution in [-0.2, 0) is 14.6 Å². The summed E-state index contributed by atoms with van der Waals surface area (Å²) < 4.78 is 28.5. The first-order chi connectivity index (χ1) is 9.05. The summed E-state index contributed by atoms with van der Waals surface area (Å²) >= 11 is 6.11. The number of halogens is 1. The van der Waals surface area contributed by atoms with Gasteiger partial charge in [-0.1, -0.05) is 11.6 Å². The minimum absolute atomic E-state index is 0.0947. The van der Waals surface area contributed by atoms with Crippen molar-refractivity contribution in [3.63, 3.8) is 0 Å². The largest absolute Gasteiger partial charge is 0.381 e. The van der Waals surface area contributed by atoms with E-state index in [4.69, 9.17) is 16.3 Å². The molecule has 0 amide bonds. The van der Waals surface area contributed by atoms with Gasteiger partial charge in [-0.2, -0.15) is 0 Å².